The van der Waals surface area contributed by atoms with Crippen LogP contribution in [-0.2, 0) is 5.41 Å². The van der Waals surface area contributed by atoms with Gasteiger partial charge in [0.1, 0.15) is 11.5 Å². The van der Waals surface area contributed by atoms with Crippen LogP contribution in [0.2, 0.25) is 0 Å². The first kappa shape index (κ1) is 44.1. The van der Waals surface area contributed by atoms with Crippen molar-refractivity contribution < 1.29 is 28.9 Å². The number of carbonyl (C=O) groups is 2. The van der Waals surface area contributed by atoms with E-state index in [2.05, 4.69) is 138 Å². The van der Waals surface area contributed by atoms with Crippen LogP contribution in [0.25, 0.3) is 32.3 Å². The van der Waals surface area contributed by atoms with Crippen molar-refractivity contribution in [3.63, 3.8) is 0 Å². The van der Waals surface area contributed by atoms with Gasteiger partial charge in [0.05, 0.1) is 32.7 Å². The van der Waals surface area contributed by atoms with Gasteiger partial charge in [0.15, 0.2) is 0 Å². The summed E-state index contributed by atoms with van der Waals surface area (Å²) in [6, 6.07) is 60.1. The minimum Gasteiger partial charge on any atom is -0.423 e. The SMILES string of the molecule is Cc1ccc(N(c2ccc(C(C)(c3ccc(OC(=O)c4ccc(Br)cc4)cc3)c3ccc(OC(=O)c4cc([N+](=O)[O-])cc([N+](=O)[O-])c4)cc3)cc2)c2ccc3ccc4cccc5ccc2c3c45)cc1. The molecule has 0 aliphatic carbocycles. The van der Waals surface area contributed by atoms with E-state index in [0.29, 0.717) is 11.3 Å². The van der Waals surface area contributed by atoms with Gasteiger partial charge in [0, 0.05) is 38.8 Å². The number of benzene rings is 10. The summed E-state index contributed by atoms with van der Waals surface area (Å²) in [6.07, 6.45) is 0. The Morgan fingerprint density at radius 3 is 1.49 bits per heavy atom. The highest BCUT2D eigenvalue weighted by Crippen LogP contribution is 2.46. The fourth-order valence-electron chi connectivity index (χ4n) is 9.03. The van der Waals surface area contributed by atoms with Crippen LogP contribution < -0.4 is 14.4 Å². The number of carbonyl (C=O) groups excluding carboxylic acids is 2. The molecular formula is C57H38BrN3O8. The maximum absolute atomic E-state index is 13.3. The highest BCUT2D eigenvalue weighted by Gasteiger charge is 2.32. The smallest absolute Gasteiger partial charge is 0.344 e. The second-order valence-corrected chi connectivity index (χ2v) is 17.8. The Bertz CT molecular complexity index is 3570. The quantitative estimate of drug-likeness (QED) is 0.0292. The van der Waals surface area contributed by atoms with Crippen molar-refractivity contribution in [2.75, 3.05) is 4.90 Å². The number of nitrogens with zero attached hydrogens (tertiary/aromatic N) is 3. The second-order valence-electron chi connectivity index (χ2n) is 16.9. The number of anilines is 3. The van der Waals surface area contributed by atoms with E-state index >= 15 is 0 Å². The van der Waals surface area contributed by atoms with Crippen molar-refractivity contribution in [2.24, 2.45) is 0 Å². The molecule has 0 aromatic heterocycles. The fraction of sp³-hybridized carbons (Fsp3) is 0.0526. The summed E-state index contributed by atoms with van der Waals surface area (Å²) < 4.78 is 12.2. The van der Waals surface area contributed by atoms with Gasteiger partial charge in [-0.25, -0.2) is 9.59 Å². The number of esters is 2. The van der Waals surface area contributed by atoms with Crippen molar-refractivity contribution in [3.05, 3.63) is 252 Å². The molecule has 0 N–H and O–H groups in total. The van der Waals surface area contributed by atoms with Crippen LogP contribution >= 0.6 is 15.9 Å². The predicted octanol–water partition coefficient (Wildman–Crippen LogP) is 14.7. The number of hydrogen-bond donors (Lipinski definition) is 0. The summed E-state index contributed by atoms with van der Waals surface area (Å²) >= 11 is 3.40. The molecule has 0 amide bonds. The highest BCUT2D eigenvalue weighted by atomic mass is 79.9. The van der Waals surface area contributed by atoms with Gasteiger partial charge in [0.25, 0.3) is 11.4 Å². The third kappa shape index (κ3) is 8.38. The molecule has 1 atom stereocenters. The molecule has 0 aliphatic heterocycles. The Balaban J connectivity index is 1.04. The van der Waals surface area contributed by atoms with E-state index in [1.54, 1.807) is 48.5 Å². The summed E-state index contributed by atoms with van der Waals surface area (Å²) in [7, 11) is 0. The molecule has 0 radical (unpaired) electrons. The van der Waals surface area contributed by atoms with Gasteiger partial charge in [-0.15, -0.1) is 0 Å². The number of hydrogen-bond acceptors (Lipinski definition) is 9. The third-order valence-electron chi connectivity index (χ3n) is 12.7. The zero-order valence-corrected chi connectivity index (χ0v) is 38.5. The number of ether oxygens (including phenoxy) is 2. The number of nitro groups is 2. The molecule has 69 heavy (non-hydrogen) atoms. The first-order valence-corrected chi connectivity index (χ1v) is 22.6. The van der Waals surface area contributed by atoms with Gasteiger partial charge in [0.2, 0.25) is 0 Å². The Labute approximate surface area is 403 Å². The second kappa shape index (κ2) is 17.8. The largest absolute Gasteiger partial charge is 0.423 e. The first-order chi connectivity index (χ1) is 33.3. The Morgan fingerprint density at radius 2 is 0.971 bits per heavy atom. The highest BCUT2D eigenvalue weighted by molar-refractivity contribution is 9.10. The first-order valence-electron chi connectivity index (χ1n) is 21.8. The van der Waals surface area contributed by atoms with Gasteiger partial charge < -0.3 is 14.4 Å². The lowest BCUT2D eigenvalue weighted by molar-refractivity contribution is -0.394. The molecule has 10 aromatic carbocycles. The van der Waals surface area contributed by atoms with Gasteiger partial charge in [-0.05, 0) is 136 Å². The van der Waals surface area contributed by atoms with Crippen molar-refractivity contribution in [1.29, 1.82) is 0 Å². The molecule has 0 saturated heterocycles. The molecule has 0 fully saturated rings. The normalized spacial score (nSPS) is 12.2. The number of non-ortho nitro benzene ring substituents is 2. The molecular weight excluding hydrogens is 935 g/mol. The molecule has 336 valence electrons. The van der Waals surface area contributed by atoms with E-state index in [4.69, 9.17) is 9.47 Å². The molecule has 10 rings (SSSR count). The fourth-order valence-corrected chi connectivity index (χ4v) is 9.30. The predicted molar refractivity (Wildman–Crippen MR) is 272 cm³/mol. The molecule has 12 heteroatoms. The Kier molecular flexibility index (Phi) is 11.4. The molecule has 11 nitrogen and oxygen atoms in total. The number of nitro benzene ring substituents is 2. The van der Waals surface area contributed by atoms with Crippen LogP contribution in [0.3, 0.4) is 0 Å². The van der Waals surface area contributed by atoms with Crippen molar-refractivity contribution in [1.82, 2.24) is 0 Å². The van der Waals surface area contributed by atoms with Gasteiger partial charge in [-0.3, -0.25) is 20.2 Å². The number of halogens is 1. The van der Waals surface area contributed by atoms with E-state index in [-0.39, 0.29) is 11.3 Å². The monoisotopic (exact) mass is 971 g/mol. The lowest BCUT2D eigenvalue weighted by Crippen LogP contribution is -2.25. The summed E-state index contributed by atoms with van der Waals surface area (Å²) in [6.45, 7) is 4.15. The van der Waals surface area contributed by atoms with Gasteiger partial charge in [-0.2, -0.15) is 0 Å². The van der Waals surface area contributed by atoms with Crippen LogP contribution in [0, 0.1) is 27.2 Å². The van der Waals surface area contributed by atoms with Crippen LogP contribution in [0.5, 0.6) is 11.5 Å². The summed E-state index contributed by atoms with van der Waals surface area (Å²) in [5.41, 5.74) is 4.66. The summed E-state index contributed by atoms with van der Waals surface area (Å²) in [5.74, 6) is -1.02. The lowest BCUT2D eigenvalue weighted by Gasteiger charge is -2.33. The number of aryl methyl sites for hydroxylation is 1. The van der Waals surface area contributed by atoms with E-state index in [1.807, 2.05) is 24.3 Å². The van der Waals surface area contributed by atoms with Crippen molar-refractivity contribution in [2.45, 2.75) is 19.3 Å². The average molecular weight is 973 g/mol. The molecule has 0 aliphatic rings. The molecule has 0 spiro atoms. The van der Waals surface area contributed by atoms with Gasteiger partial charge in [-0.1, -0.05) is 119 Å². The maximum Gasteiger partial charge on any atom is 0.344 e. The maximum atomic E-state index is 13.3. The molecule has 0 saturated carbocycles. The zero-order valence-electron chi connectivity index (χ0n) is 37.0. The lowest BCUT2D eigenvalue weighted by atomic mass is 9.71. The van der Waals surface area contributed by atoms with E-state index < -0.39 is 38.6 Å². The van der Waals surface area contributed by atoms with E-state index in [1.165, 1.54) is 21.5 Å². The van der Waals surface area contributed by atoms with Crippen LogP contribution in [0.1, 0.15) is 49.9 Å². The van der Waals surface area contributed by atoms with Crippen LogP contribution in [-0.4, -0.2) is 21.8 Å². The molecule has 0 bridgehead atoms. The Morgan fingerprint density at radius 1 is 0.522 bits per heavy atom. The zero-order chi connectivity index (χ0) is 48.0. The Hall–Kier alpha value is -8.74. The summed E-state index contributed by atoms with van der Waals surface area (Å²) in [4.78, 5) is 50.0. The van der Waals surface area contributed by atoms with Crippen molar-refractivity contribution >= 4 is 88.6 Å². The standard InChI is InChI=1S/C57H38BrN3O8/c1-35-6-22-45(23-7-35)59(52-31-13-38-9-8-36-4-3-5-37-12-30-51(52)54(38)53(36)37)46-24-14-41(15-25-46)57(2,42-16-26-49(27-17-42)68-55(62)39-10-20-44(58)21-11-39)43-18-28-50(29-19-43)69-56(63)40-32-47(60(64)65)34-48(33-40)61(66)67/h3-34H,1-2H3. The average Bonchev–Trinajstić information content (AvgIpc) is 3.37. The minimum atomic E-state index is -0.996. The topological polar surface area (TPSA) is 142 Å². The third-order valence-corrected chi connectivity index (χ3v) is 13.2. The summed E-state index contributed by atoms with van der Waals surface area (Å²) in [5, 5.41) is 30.1. The molecule has 0 heterocycles. The van der Waals surface area contributed by atoms with Crippen LogP contribution in [0.4, 0.5) is 28.4 Å². The molecule has 1 unspecified atom stereocenters. The van der Waals surface area contributed by atoms with Crippen LogP contribution in [0.15, 0.2) is 199 Å². The minimum absolute atomic E-state index is 0.118. The van der Waals surface area contributed by atoms with Crippen molar-refractivity contribution in [3.8, 4) is 11.5 Å². The van der Waals surface area contributed by atoms with E-state index in [9.17, 15) is 29.8 Å². The van der Waals surface area contributed by atoms with E-state index in [0.717, 1.165) is 72.8 Å². The number of rotatable bonds is 12. The molecule has 10 aromatic rings. The van der Waals surface area contributed by atoms with Gasteiger partial charge >= 0.3 is 11.9 Å².